The van der Waals surface area contributed by atoms with Crippen molar-refractivity contribution < 1.29 is 29.4 Å². The van der Waals surface area contributed by atoms with Gasteiger partial charge in [-0.3, -0.25) is 14.4 Å². The van der Waals surface area contributed by atoms with Gasteiger partial charge >= 0.3 is 11.9 Å². The molecule has 0 aliphatic rings. The van der Waals surface area contributed by atoms with Gasteiger partial charge in [0.25, 0.3) is 0 Å². The lowest BCUT2D eigenvalue weighted by atomic mass is 10.1. The molecule has 0 aliphatic heterocycles. The van der Waals surface area contributed by atoms with E-state index in [2.05, 4.69) is 10.6 Å². The molecule has 0 aromatic heterocycles. The Morgan fingerprint density at radius 1 is 1.11 bits per heavy atom. The molecule has 18 heavy (non-hydrogen) atoms. The number of rotatable bonds is 8. The Hall–Kier alpha value is -2.16. The van der Waals surface area contributed by atoms with Crippen LogP contribution in [0.1, 0.15) is 12.8 Å². The zero-order valence-corrected chi connectivity index (χ0v) is 9.51. The van der Waals surface area contributed by atoms with Crippen LogP contribution in [0, 0.1) is 0 Å². The van der Waals surface area contributed by atoms with Crippen molar-refractivity contribution in [3.63, 3.8) is 0 Å². The van der Waals surface area contributed by atoms with E-state index in [1.54, 1.807) is 0 Å². The van der Waals surface area contributed by atoms with Crippen LogP contribution < -0.4 is 16.4 Å². The van der Waals surface area contributed by atoms with Crippen molar-refractivity contribution in [1.29, 1.82) is 0 Å². The van der Waals surface area contributed by atoms with Crippen LogP contribution in [0.3, 0.4) is 0 Å². The monoisotopic (exact) mass is 261 g/mol. The maximum Gasteiger partial charge on any atom is 0.326 e. The molecule has 1 atom stereocenters. The lowest BCUT2D eigenvalue weighted by Crippen LogP contribution is -2.44. The summed E-state index contributed by atoms with van der Waals surface area (Å²) >= 11 is 0. The summed E-state index contributed by atoms with van der Waals surface area (Å²) in [6.45, 7) is -0.888. The Kier molecular flexibility index (Phi) is 7.05. The van der Waals surface area contributed by atoms with Crippen molar-refractivity contribution >= 4 is 23.8 Å². The molecule has 0 saturated heterocycles. The predicted octanol–water partition coefficient (Wildman–Crippen LogP) is -2.50. The normalized spacial score (nSPS) is 11.4. The summed E-state index contributed by atoms with van der Waals surface area (Å²) in [4.78, 5) is 42.9. The van der Waals surface area contributed by atoms with Gasteiger partial charge in [-0.2, -0.15) is 0 Å². The molecule has 0 bridgehead atoms. The van der Waals surface area contributed by atoms with E-state index in [-0.39, 0.29) is 19.4 Å². The standard InChI is InChI=1S/C9H15N3O6/c10-3-7(14)12-5(9(17)18)1-2-6(13)11-4-8(15)16/h5H,1-4,10H2,(H,11,13)(H,12,14)(H,15,16)(H,17,18)/t5-/m0/s1. The number of carboxylic acids is 2. The van der Waals surface area contributed by atoms with Gasteiger partial charge in [0, 0.05) is 6.42 Å². The molecule has 0 radical (unpaired) electrons. The molecule has 0 heterocycles. The summed E-state index contributed by atoms with van der Waals surface area (Å²) in [7, 11) is 0. The van der Waals surface area contributed by atoms with E-state index in [1.165, 1.54) is 0 Å². The quantitative estimate of drug-likeness (QED) is 0.323. The van der Waals surface area contributed by atoms with Gasteiger partial charge in [-0.1, -0.05) is 0 Å². The molecule has 0 spiro atoms. The van der Waals surface area contributed by atoms with Crippen molar-refractivity contribution in [2.45, 2.75) is 18.9 Å². The maximum atomic E-state index is 11.1. The summed E-state index contributed by atoms with van der Waals surface area (Å²) < 4.78 is 0. The summed E-state index contributed by atoms with van der Waals surface area (Å²) in [6, 6.07) is -1.23. The summed E-state index contributed by atoms with van der Waals surface area (Å²) in [6.07, 6.45) is -0.360. The lowest BCUT2D eigenvalue weighted by Gasteiger charge is -2.13. The van der Waals surface area contributed by atoms with Crippen molar-refractivity contribution in [3.05, 3.63) is 0 Å². The van der Waals surface area contributed by atoms with Crippen LogP contribution in [0.25, 0.3) is 0 Å². The van der Waals surface area contributed by atoms with Crippen molar-refractivity contribution in [3.8, 4) is 0 Å². The lowest BCUT2D eigenvalue weighted by molar-refractivity contribution is -0.142. The van der Waals surface area contributed by atoms with Crippen molar-refractivity contribution in [2.24, 2.45) is 5.73 Å². The van der Waals surface area contributed by atoms with Crippen LogP contribution >= 0.6 is 0 Å². The number of carboxylic acid groups (broad SMARTS) is 2. The zero-order chi connectivity index (χ0) is 14.1. The van der Waals surface area contributed by atoms with Gasteiger partial charge in [0.2, 0.25) is 11.8 Å². The average molecular weight is 261 g/mol. The van der Waals surface area contributed by atoms with Gasteiger partial charge in [0.05, 0.1) is 6.54 Å². The molecule has 0 aliphatic carbocycles. The van der Waals surface area contributed by atoms with E-state index in [0.29, 0.717) is 0 Å². The second kappa shape index (κ2) is 8.01. The topological polar surface area (TPSA) is 159 Å². The highest BCUT2D eigenvalue weighted by molar-refractivity contribution is 5.85. The molecular weight excluding hydrogens is 246 g/mol. The van der Waals surface area contributed by atoms with E-state index in [1.807, 2.05) is 0 Å². The third-order valence-electron chi connectivity index (χ3n) is 1.92. The first-order valence-corrected chi connectivity index (χ1v) is 5.07. The average Bonchev–Trinajstić information content (AvgIpc) is 2.30. The SMILES string of the molecule is NCC(=O)N[C@@H](CCC(=O)NCC(=O)O)C(=O)O. The Balaban J connectivity index is 4.11. The number of carbonyl (C=O) groups excluding carboxylic acids is 2. The van der Waals surface area contributed by atoms with Gasteiger partial charge in [-0.25, -0.2) is 4.79 Å². The van der Waals surface area contributed by atoms with Crippen LogP contribution in [0.15, 0.2) is 0 Å². The highest BCUT2D eigenvalue weighted by Crippen LogP contribution is 1.98. The molecule has 0 aromatic rings. The van der Waals surface area contributed by atoms with Crippen LogP contribution in [0.2, 0.25) is 0 Å². The fourth-order valence-electron chi connectivity index (χ4n) is 1.05. The molecule has 0 unspecified atom stereocenters. The number of aliphatic carboxylic acids is 2. The first-order valence-electron chi connectivity index (χ1n) is 5.07. The minimum absolute atomic E-state index is 0.146. The van der Waals surface area contributed by atoms with E-state index >= 15 is 0 Å². The van der Waals surface area contributed by atoms with Gasteiger partial charge < -0.3 is 26.6 Å². The first kappa shape index (κ1) is 15.8. The molecule has 0 fully saturated rings. The van der Waals surface area contributed by atoms with Crippen LogP contribution in [-0.4, -0.2) is 53.1 Å². The first-order chi connectivity index (χ1) is 8.36. The van der Waals surface area contributed by atoms with E-state index in [4.69, 9.17) is 15.9 Å². The number of nitrogens with two attached hydrogens (primary N) is 1. The van der Waals surface area contributed by atoms with Gasteiger partial charge in [0.1, 0.15) is 12.6 Å². The molecule has 0 aromatic carbocycles. The largest absolute Gasteiger partial charge is 0.480 e. The van der Waals surface area contributed by atoms with Crippen LogP contribution in [-0.2, 0) is 19.2 Å². The van der Waals surface area contributed by atoms with Gasteiger partial charge in [-0.05, 0) is 6.42 Å². The third kappa shape index (κ3) is 7.17. The number of carbonyl (C=O) groups is 4. The smallest absolute Gasteiger partial charge is 0.326 e. The predicted molar refractivity (Wildman–Crippen MR) is 58.5 cm³/mol. The fraction of sp³-hybridized carbons (Fsp3) is 0.556. The molecule has 0 rings (SSSR count). The molecular formula is C9H15N3O6. The zero-order valence-electron chi connectivity index (χ0n) is 9.51. The summed E-state index contributed by atoms with van der Waals surface area (Å²) in [5.41, 5.74) is 5.01. The van der Waals surface area contributed by atoms with Gasteiger partial charge in [-0.15, -0.1) is 0 Å². The minimum atomic E-state index is -1.29. The Bertz CT molecular complexity index is 343. The molecule has 102 valence electrons. The Morgan fingerprint density at radius 2 is 1.72 bits per heavy atom. The molecule has 6 N–H and O–H groups in total. The van der Waals surface area contributed by atoms with E-state index in [9.17, 15) is 19.2 Å². The molecule has 2 amide bonds. The van der Waals surface area contributed by atoms with E-state index in [0.717, 1.165) is 0 Å². The number of amides is 2. The summed E-state index contributed by atoms with van der Waals surface area (Å²) in [5, 5.41) is 21.3. The molecule has 9 nitrogen and oxygen atoms in total. The highest BCUT2D eigenvalue weighted by Gasteiger charge is 2.20. The Morgan fingerprint density at radius 3 is 2.17 bits per heavy atom. The number of hydrogen-bond acceptors (Lipinski definition) is 5. The molecule has 0 saturated carbocycles. The van der Waals surface area contributed by atoms with Crippen LogP contribution in [0.5, 0.6) is 0 Å². The number of nitrogens with one attached hydrogen (secondary N) is 2. The highest BCUT2D eigenvalue weighted by atomic mass is 16.4. The van der Waals surface area contributed by atoms with Crippen molar-refractivity contribution in [1.82, 2.24) is 10.6 Å². The number of hydrogen-bond donors (Lipinski definition) is 5. The summed E-state index contributed by atoms with van der Waals surface area (Å²) in [5.74, 6) is -3.74. The van der Waals surface area contributed by atoms with Crippen LogP contribution in [0.4, 0.5) is 0 Å². The fourth-order valence-corrected chi connectivity index (χ4v) is 1.05. The van der Waals surface area contributed by atoms with Crippen molar-refractivity contribution in [2.75, 3.05) is 13.1 Å². The second-order valence-electron chi connectivity index (χ2n) is 3.37. The second-order valence-corrected chi connectivity index (χ2v) is 3.37. The Labute approximate surface area is 102 Å². The minimum Gasteiger partial charge on any atom is -0.480 e. The van der Waals surface area contributed by atoms with E-state index < -0.39 is 36.3 Å². The third-order valence-corrected chi connectivity index (χ3v) is 1.92. The van der Waals surface area contributed by atoms with Gasteiger partial charge in [0.15, 0.2) is 0 Å². The maximum absolute atomic E-state index is 11.1. The molecule has 9 heteroatoms.